The average Bonchev–Trinajstić information content (AvgIpc) is 2.96. The lowest BCUT2D eigenvalue weighted by molar-refractivity contribution is 0.0761. The molecular formula is C21H24ClNO3. The van der Waals surface area contributed by atoms with E-state index in [1.807, 2.05) is 35.2 Å². The lowest BCUT2D eigenvalue weighted by Crippen LogP contribution is -2.31. The summed E-state index contributed by atoms with van der Waals surface area (Å²) in [5.41, 5.74) is 1.66. The van der Waals surface area contributed by atoms with Crippen molar-refractivity contribution in [3.63, 3.8) is 0 Å². The molecule has 4 nitrogen and oxygen atoms in total. The Morgan fingerprint density at radius 1 is 1.00 bits per heavy atom. The van der Waals surface area contributed by atoms with Gasteiger partial charge in [-0.1, -0.05) is 36.6 Å². The van der Waals surface area contributed by atoms with Crippen molar-refractivity contribution >= 4 is 17.5 Å². The zero-order chi connectivity index (χ0) is 18.4. The van der Waals surface area contributed by atoms with Crippen molar-refractivity contribution < 1.29 is 14.3 Å². The first kappa shape index (κ1) is 18.6. The molecule has 0 unspecified atom stereocenters. The monoisotopic (exact) mass is 373 g/mol. The third-order valence-electron chi connectivity index (χ3n) is 4.61. The summed E-state index contributed by atoms with van der Waals surface area (Å²) in [6.07, 6.45) is 4.55. The first-order valence-electron chi connectivity index (χ1n) is 9.02. The fourth-order valence-corrected chi connectivity index (χ4v) is 3.24. The number of halogens is 1. The molecule has 138 valence electrons. The van der Waals surface area contributed by atoms with E-state index in [0.717, 1.165) is 31.5 Å². The molecule has 3 rings (SSSR count). The number of benzene rings is 2. The van der Waals surface area contributed by atoms with Crippen molar-refractivity contribution in [2.75, 3.05) is 20.2 Å². The van der Waals surface area contributed by atoms with Crippen LogP contribution in [0.2, 0.25) is 5.02 Å². The molecule has 0 atom stereocenters. The Hall–Kier alpha value is -2.20. The maximum atomic E-state index is 12.8. The first-order valence-corrected chi connectivity index (χ1v) is 9.40. The zero-order valence-corrected chi connectivity index (χ0v) is 15.8. The second-order valence-corrected chi connectivity index (χ2v) is 6.92. The Balaban J connectivity index is 1.70. The third-order valence-corrected chi connectivity index (χ3v) is 4.86. The summed E-state index contributed by atoms with van der Waals surface area (Å²) in [6.45, 7) is 2.07. The van der Waals surface area contributed by atoms with E-state index in [0.29, 0.717) is 28.7 Å². The Morgan fingerprint density at radius 3 is 2.35 bits per heavy atom. The molecule has 0 bridgehead atoms. The van der Waals surface area contributed by atoms with Crippen molar-refractivity contribution in [1.29, 1.82) is 0 Å². The number of methoxy groups -OCH3 is 1. The van der Waals surface area contributed by atoms with Gasteiger partial charge < -0.3 is 14.4 Å². The summed E-state index contributed by atoms with van der Waals surface area (Å²) in [5.74, 6) is 1.25. The predicted octanol–water partition coefficient (Wildman–Crippen LogP) is 4.94. The maximum Gasteiger partial charge on any atom is 0.253 e. The topological polar surface area (TPSA) is 38.8 Å². The van der Waals surface area contributed by atoms with Gasteiger partial charge in [-0.2, -0.15) is 0 Å². The van der Waals surface area contributed by atoms with Crippen LogP contribution >= 0.6 is 11.6 Å². The Kier molecular flexibility index (Phi) is 6.40. The van der Waals surface area contributed by atoms with Crippen molar-refractivity contribution in [2.45, 2.75) is 32.3 Å². The molecule has 5 heteroatoms. The van der Waals surface area contributed by atoms with Gasteiger partial charge in [-0.25, -0.2) is 0 Å². The summed E-state index contributed by atoms with van der Waals surface area (Å²) >= 11 is 5.90. The van der Waals surface area contributed by atoms with Crippen LogP contribution in [0.15, 0.2) is 42.5 Å². The molecule has 0 saturated carbocycles. The molecule has 0 aliphatic carbocycles. The molecule has 1 heterocycles. The van der Waals surface area contributed by atoms with E-state index in [9.17, 15) is 4.79 Å². The number of amides is 1. The van der Waals surface area contributed by atoms with Gasteiger partial charge in [0.1, 0.15) is 6.61 Å². The largest absolute Gasteiger partial charge is 0.493 e. The van der Waals surface area contributed by atoms with Crippen LogP contribution in [-0.4, -0.2) is 31.0 Å². The number of hydrogen-bond donors (Lipinski definition) is 0. The second-order valence-electron chi connectivity index (χ2n) is 6.49. The molecule has 1 fully saturated rings. The number of ether oxygens (including phenoxy) is 2. The molecule has 0 radical (unpaired) electrons. The van der Waals surface area contributed by atoms with Crippen LogP contribution in [0.25, 0.3) is 0 Å². The van der Waals surface area contributed by atoms with E-state index in [1.165, 1.54) is 12.8 Å². The average molecular weight is 374 g/mol. The van der Waals surface area contributed by atoms with Gasteiger partial charge in [0.2, 0.25) is 0 Å². The highest BCUT2D eigenvalue weighted by atomic mass is 35.5. The van der Waals surface area contributed by atoms with Crippen LogP contribution in [0.4, 0.5) is 0 Å². The van der Waals surface area contributed by atoms with Gasteiger partial charge in [-0.3, -0.25) is 4.79 Å². The lowest BCUT2D eigenvalue weighted by atomic mass is 10.1. The Labute approximate surface area is 159 Å². The minimum absolute atomic E-state index is 0.0643. The van der Waals surface area contributed by atoms with Gasteiger partial charge in [-0.15, -0.1) is 0 Å². The number of rotatable bonds is 5. The van der Waals surface area contributed by atoms with Gasteiger partial charge in [0, 0.05) is 23.7 Å². The Bertz CT molecular complexity index is 737. The molecule has 0 spiro atoms. The Morgan fingerprint density at radius 2 is 1.69 bits per heavy atom. The number of carbonyl (C=O) groups is 1. The minimum atomic E-state index is 0.0643. The van der Waals surface area contributed by atoms with Crippen molar-refractivity contribution in [1.82, 2.24) is 4.90 Å². The van der Waals surface area contributed by atoms with Gasteiger partial charge in [0.25, 0.3) is 5.91 Å². The first-order chi connectivity index (χ1) is 12.7. The van der Waals surface area contributed by atoms with E-state index in [-0.39, 0.29) is 5.91 Å². The highest BCUT2D eigenvalue weighted by Crippen LogP contribution is 2.29. The van der Waals surface area contributed by atoms with Crippen molar-refractivity contribution in [3.8, 4) is 11.5 Å². The van der Waals surface area contributed by atoms with E-state index >= 15 is 0 Å². The molecule has 2 aromatic carbocycles. The molecule has 0 N–H and O–H groups in total. The van der Waals surface area contributed by atoms with Crippen LogP contribution in [-0.2, 0) is 6.61 Å². The highest BCUT2D eigenvalue weighted by molar-refractivity contribution is 6.30. The van der Waals surface area contributed by atoms with E-state index in [4.69, 9.17) is 21.1 Å². The van der Waals surface area contributed by atoms with Crippen molar-refractivity contribution in [3.05, 3.63) is 58.6 Å². The van der Waals surface area contributed by atoms with Gasteiger partial charge in [0.15, 0.2) is 11.5 Å². The normalized spacial score (nSPS) is 14.6. The standard InChI is InChI=1S/C21H24ClNO3/c1-25-20-14-17(21(24)23-12-4-2-3-5-13-23)8-11-19(20)26-15-16-6-9-18(22)10-7-16/h6-11,14H,2-5,12-13,15H2,1H3. The van der Waals surface area contributed by atoms with Gasteiger partial charge in [-0.05, 0) is 48.7 Å². The second kappa shape index (κ2) is 8.95. The zero-order valence-electron chi connectivity index (χ0n) is 15.0. The quantitative estimate of drug-likeness (QED) is 0.744. The van der Waals surface area contributed by atoms with E-state index in [1.54, 1.807) is 19.2 Å². The summed E-state index contributed by atoms with van der Waals surface area (Å²) in [4.78, 5) is 14.7. The maximum absolute atomic E-state index is 12.8. The highest BCUT2D eigenvalue weighted by Gasteiger charge is 2.19. The van der Waals surface area contributed by atoms with Crippen LogP contribution < -0.4 is 9.47 Å². The van der Waals surface area contributed by atoms with E-state index in [2.05, 4.69) is 0 Å². The molecule has 0 aromatic heterocycles. The van der Waals surface area contributed by atoms with Crippen LogP contribution in [0.5, 0.6) is 11.5 Å². The van der Waals surface area contributed by atoms with Gasteiger partial charge in [0.05, 0.1) is 7.11 Å². The SMILES string of the molecule is COc1cc(C(=O)N2CCCCCC2)ccc1OCc1ccc(Cl)cc1. The van der Waals surface area contributed by atoms with Crippen LogP contribution in [0.3, 0.4) is 0 Å². The summed E-state index contributed by atoms with van der Waals surface area (Å²) in [6, 6.07) is 12.9. The molecule has 1 aliphatic rings. The molecule has 1 saturated heterocycles. The number of hydrogen-bond acceptors (Lipinski definition) is 3. The third kappa shape index (κ3) is 4.70. The number of carbonyl (C=O) groups excluding carboxylic acids is 1. The summed E-state index contributed by atoms with van der Waals surface area (Å²) in [7, 11) is 1.59. The fourth-order valence-electron chi connectivity index (χ4n) is 3.12. The lowest BCUT2D eigenvalue weighted by Gasteiger charge is -2.21. The summed E-state index contributed by atoms with van der Waals surface area (Å²) in [5, 5.41) is 0.697. The van der Waals surface area contributed by atoms with E-state index < -0.39 is 0 Å². The number of likely N-dealkylation sites (tertiary alicyclic amines) is 1. The number of nitrogens with zero attached hydrogens (tertiary/aromatic N) is 1. The van der Waals surface area contributed by atoms with Crippen LogP contribution in [0.1, 0.15) is 41.6 Å². The van der Waals surface area contributed by atoms with Crippen LogP contribution in [0, 0.1) is 0 Å². The fraction of sp³-hybridized carbons (Fsp3) is 0.381. The smallest absolute Gasteiger partial charge is 0.253 e. The van der Waals surface area contributed by atoms with Gasteiger partial charge >= 0.3 is 0 Å². The molecule has 2 aromatic rings. The molecule has 26 heavy (non-hydrogen) atoms. The molecule has 1 aliphatic heterocycles. The summed E-state index contributed by atoms with van der Waals surface area (Å²) < 4.78 is 11.3. The molecular weight excluding hydrogens is 350 g/mol. The predicted molar refractivity (Wildman–Crippen MR) is 103 cm³/mol. The minimum Gasteiger partial charge on any atom is -0.493 e. The molecule has 1 amide bonds. The van der Waals surface area contributed by atoms with Crippen molar-refractivity contribution in [2.24, 2.45) is 0 Å².